The van der Waals surface area contributed by atoms with Crippen molar-refractivity contribution in [3.05, 3.63) is 54.1 Å². The summed E-state index contributed by atoms with van der Waals surface area (Å²) in [5.41, 5.74) is 1.08. The maximum atomic E-state index is 12.1. The molecule has 6 nitrogen and oxygen atoms in total. The van der Waals surface area contributed by atoms with Crippen molar-refractivity contribution >= 4 is 17.5 Å². The van der Waals surface area contributed by atoms with Crippen LogP contribution >= 0.6 is 11.8 Å². The van der Waals surface area contributed by atoms with Crippen molar-refractivity contribution in [1.29, 1.82) is 0 Å². The van der Waals surface area contributed by atoms with Gasteiger partial charge in [0.1, 0.15) is 11.5 Å². The van der Waals surface area contributed by atoms with Crippen molar-refractivity contribution < 1.29 is 15.0 Å². The maximum Gasteiger partial charge on any atom is 0.189 e. The van der Waals surface area contributed by atoms with E-state index < -0.39 is 0 Å². The summed E-state index contributed by atoms with van der Waals surface area (Å²) < 4.78 is 0. The standard InChI is InChI=1S/C16H13N3O3S/c20-11-6-7-12(13(21)8-11)14(22)9-23-16-17-15(18-19-16)10-4-2-1-3-5-10/h1-8,20-21H,9H2,(H,17,18,19). The Labute approximate surface area is 136 Å². The predicted molar refractivity (Wildman–Crippen MR) is 86.6 cm³/mol. The summed E-state index contributed by atoms with van der Waals surface area (Å²) >= 11 is 1.20. The highest BCUT2D eigenvalue weighted by molar-refractivity contribution is 7.99. The highest BCUT2D eigenvalue weighted by atomic mass is 32.2. The van der Waals surface area contributed by atoms with Crippen LogP contribution in [0.4, 0.5) is 0 Å². The molecule has 0 aliphatic heterocycles. The fraction of sp³-hybridized carbons (Fsp3) is 0.0625. The number of aromatic hydroxyl groups is 2. The van der Waals surface area contributed by atoms with Gasteiger partial charge >= 0.3 is 0 Å². The molecule has 0 amide bonds. The Balaban J connectivity index is 1.67. The number of thioether (sulfide) groups is 1. The molecule has 3 aromatic rings. The fourth-order valence-electron chi connectivity index (χ4n) is 2.01. The largest absolute Gasteiger partial charge is 0.508 e. The Bertz CT molecular complexity index is 834. The topological polar surface area (TPSA) is 99.1 Å². The lowest BCUT2D eigenvalue weighted by atomic mass is 10.1. The van der Waals surface area contributed by atoms with E-state index in [4.69, 9.17) is 0 Å². The first-order chi connectivity index (χ1) is 11.1. The van der Waals surface area contributed by atoms with Gasteiger partial charge in [0, 0.05) is 11.6 Å². The molecule has 3 N–H and O–H groups in total. The normalized spacial score (nSPS) is 10.6. The summed E-state index contributed by atoms with van der Waals surface area (Å²) in [5.74, 6) is 0.146. The van der Waals surface area contributed by atoms with Crippen molar-refractivity contribution in [3.63, 3.8) is 0 Å². The number of hydrogen-bond acceptors (Lipinski definition) is 6. The number of phenols is 2. The van der Waals surface area contributed by atoms with Gasteiger partial charge in [-0.15, -0.1) is 10.2 Å². The van der Waals surface area contributed by atoms with Gasteiger partial charge in [-0.1, -0.05) is 42.1 Å². The van der Waals surface area contributed by atoms with Gasteiger partial charge in [0.15, 0.2) is 16.8 Å². The van der Waals surface area contributed by atoms with E-state index in [9.17, 15) is 15.0 Å². The van der Waals surface area contributed by atoms with Crippen LogP contribution in [0.5, 0.6) is 11.5 Å². The van der Waals surface area contributed by atoms with E-state index >= 15 is 0 Å². The lowest BCUT2D eigenvalue weighted by Gasteiger charge is -2.03. The summed E-state index contributed by atoms with van der Waals surface area (Å²) in [7, 11) is 0. The van der Waals surface area contributed by atoms with Crippen LogP contribution < -0.4 is 0 Å². The highest BCUT2D eigenvalue weighted by Crippen LogP contribution is 2.25. The number of ketones is 1. The number of carbonyl (C=O) groups excluding carboxylic acids is 1. The molecule has 23 heavy (non-hydrogen) atoms. The predicted octanol–water partition coefficient (Wildman–Crippen LogP) is 2.86. The number of rotatable bonds is 5. The molecule has 2 aromatic carbocycles. The van der Waals surface area contributed by atoms with Crippen LogP contribution in [0.1, 0.15) is 10.4 Å². The number of aromatic amines is 1. The second-order valence-electron chi connectivity index (χ2n) is 4.76. The van der Waals surface area contributed by atoms with Gasteiger partial charge in [0.25, 0.3) is 0 Å². The van der Waals surface area contributed by atoms with Gasteiger partial charge in [-0.25, -0.2) is 0 Å². The van der Waals surface area contributed by atoms with E-state index in [1.807, 2.05) is 30.3 Å². The van der Waals surface area contributed by atoms with Crippen LogP contribution in [0.3, 0.4) is 0 Å². The second kappa shape index (κ2) is 6.53. The third-order valence-corrected chi connectivity index (χ3v) is 4.00. The zero-order valence-electron chi connectivity index (χ0n) is 11.9. The molecule has 0 bridgehead atoms. The first-order valence-electron chi connectivity index (χ1n) is 6.79. The number of benzene rings is 2. The van der Waals surface area contributed by atoms with Crippen molar-refractivity contribution in [3.8, 4) is 22.9 Å². The van der Waals surface area contributed by atoms with Crippen LogP contribution in [0.15, 0.2) is 53.7 Å². The summed E-state index contributed by atoms with van der Waals surface area (Å²) in [6.07, 6.45) is 0. The molecule has 3 rings (SSSR count). The summed E-state index contributed by atoms with van der Waals surface area (Å²) in [5, 5.41) is 27.5. The van der Waals surface area contributed by atoms with Crippen LogP contribution in [0.2, 0.25) is 0 Å². The average molecular weight is 327 g/mol. The van der Waals surface area contributed by atoms with Gasteiger partial charge < -0.3 is 15.2 Å². The molecule has 0 unspecified atom stereocenters. The molecule has 0 fully saturated rings. The number of carbonyl (C=O) groups is 1. The lowest BCUT2D eigenvalue weighted by Crippen LogP contribution is -2.02. The molecule has 0 saturated carbocycles. The highest BCUT2D eigenvalue weighted by Gasteiger charge is 2.14. The number of nitrogens with zero attached hydrogens (tertiary/aromatic N) is 2. The molecule has 0 radical (unpaired) electrons. The van der Waals surface area contributed by atoms with Gasteiger partial charge in [-0.3, -0.25) is 4.79 Å². The Kier molecular flexibility index (Phi) is 4.29. The van der Waals surface area contributed by atoms with Gasteiger partial charge in [-0.05, 0) is 12.1 Å². The second-order valence-corrected chi connectivity index (χ2v) is 5.72. The molecule has 0 saturated heterocycles. The molecule has 1 heterocycles. The van der Waals surface area contributed by atoms with Crippen LogP contribution in [-0.2, 0) is 0 Å². The first-order valence-corrected chi connectivity index (χ1v) is 7.78. The summed E-state index contributed by atoms with van der Waals surface area (Å²) in [4.78, 5) is 15.1. The molecular formula is C16H13N3O3S. The van der Waals surface area contributed by atoms with E-state index in [1.165, 1.54) is 23.9 Å². The zero-order valence-corrected chi connectivity index (χ0v) is 12.7. The number of Topliss-reactive ketones (excluding diaryl/α,β-unsaturated/α-hetero) is 1. The van der Waals surface area contributed by atoms with E-state index in [-0.39, 0.29) is 28.6 Å². The van der Waals surface area contributed by atoms with Crippen molar-refractivity contribution in [2.75, 3.05) is 5.75 Å². The summed E-state index contributed by atoms with van der Waals surface area (Å²) in [6.45, 7) is 0. The van der Waals surface area contributed by atoms with Crippen molar-refractivity contribution in [2.24, 2.45) is 0 Å². The fourth-order valence-corrected chi connectivity index (χ4v) is 2.70. The minimum atomic E-state index is -0.259. The third kappa shape index (κ3) is 3.51. The van der Waals surface area contributed by atoms with Crippen LogP contribution in [0.25, 0.3) is 11.4 Å². The smallest absolute Gasteiger partial charge is 0.189 e. The van der Waals surface area contributed by atoms with Crippen LogP contribution in [-0.4, -0.2) is 36.9 Å². The monoisotopic (exact) mass is 327 g/mol. The van der Waals surface area contributed by atoms with Crippen LogP contribution in [0, 0.1) is 0 Å². The quantitative estimate of drug-likeness (QED) is 0.492. The third-order valence-electron chi connectivity index (χ3n) is 3.14. The molecule has 1 aromatic heterocycles. The number of aromatic nitrogens is 3. The zero-order chi connectivity index (χ0) is 16.2. The van der Waals surface area contributed by atoms with Gasteiger partial charge in [0.05, 0.1) is 11.3 Å². The molecule has 0 aliphatic rings. The van der Waals surface area contributed by atoms with E-state index in [2.05, 4.69) is 15.2 Å². The molecule has 116 valence electrons. The lowest BCUT2D eigenvalue weighted by molar-refractivity contribution is 0.102. The molecule has 0 aliphatic carbocycles. The van der Waals surface area contributed by atoms with Gasteiger partial charge in [0.2, 0.25) is 0 Å². The van der Waals surface area contributed by atoms with Gasteiger partial charge in [-0.2, -0.15) is 0 Å². The number of hydrogen-bond donors (Lipinski definition) is 3. The Morgan fingerprint density at radius 3 is 2.61 bits per heavy atom. The first kappa shape index (κ1) is 15.1. The Morgan fingerprint density at radius 2 is 1.87 bits per heavy atom. The van der Waals surface area contributed by atoms with E-state index in [0.29, 0.717) is 11.0 Å². The number of H-pyrrole nitrogens is 1. The SMILES string of the molecule is O=C(CSc1nnc(-c2ccccc2)[nH]1)c1ccc(O)cc1O. The Morgan fingerprint density at radius 1 is 1.09 bits per heavy atom. The summed E-state index contributed by atoms with van der Waals surface area (Å²) in [6, 6.07) is 13.4. The number of phenolic OH excluding ortho intramolecular Hbond substituents is 2. The minimum Gasteiger partial charge on any atom is -0.508 e. The molecule has 7 heteroatoms. The Hall–Kier alpha value is -2.80. The average Bonchev–Trinajstić information content (AvgIpc) is 3.02. The maximum absolute atomic E-state index is 12.1. The van der Waals surface area contributed by atoms with Crippen molar-refractivity contribution in [1.82, 2.24) is 15.2 Å². The number of nitrogens with one attached hydrogen (secondary N) is 1. The van der Waals surface area contributed by atoms with E-state index in [0.717, 1.165) is 11.6 Å². The van der Waals surface area contributed by atoms with E-state index in [1.54, 1.807) is 0 Å². The molecular weight excluding hydrogens is 314 g/mol. The molecule has 0 spiro atoms. The minimum absolute atomic E-state index is 0.0885. The molecule has 0 atom stereocenters. The van der Waals surface area contributed by atoms with Crippen molar-refractivity contribution in [2.45, 2.75) is 5.16 Å².